The third kappa shape index (κ3) is 5.15. The first-order chi connectivity index (χ1) is 14.2. The lowest BCUT2D eigenvalue weighted by molar-refractivity contribution is 0.203. The van der Waals surface area contributed by atoms with Crippen molar-refractivity contribution in [2.24, 2.45) is 5.92 Å². The van der Waals surface area contributed by atoms with E-state index in [2.05, 4.69) is 41.8 Å². The van der Waals surface area contributed by atoms with Crippen LogP contribution in [0.3, 0.4) is 0 Å². The Hall–Kier alpha value is -2.41. The van der Waals surface area contributed by atoms with Gasteiger partial charge in [-0.3, -0.25) is 4.90 Å². The van der Waals surface area contributed by atoms with Crippen LogP contribution in [0.4, 0.5) is 11.6 Å². The highest BCUT2D eigenvalue weighted by Gasteiger charge is 2.27. The molecule has 4 rings (SSSR count). The van der Waals surface area contributed by atoms with Gasteiger partial charge in [-0.25, -0.2) is 15.0 Å². The zero-order chi connectivity index (χ0) is 20.1. The Morgan fingerprint density at radius 2 is 1.79 bits per heavy atom. The van der Waals surface area contributed by atoms with Gasteiger partial charge in [0.25, 0.3) is 5.88 Å². The van der Waals surface area contributed by atoms with Crippen molar-refractivity contribution in [3.8, 4) is 5.88 Å². The number of nitrogens with zero attached hydrogens (tertiary/aromatic N) is 6. The lowest BCUT2D eigenvalue weighted by Crippen LogP contribution is -2.50. The predicted molar refractivity (Wildman–Crippen MR) is 116 cm³/mol. The molecule has 2 fully saturated rings. The summed E-state index contributed by atoms with van der Waals surface area (Å²) in [5.41, 5.74) is 0. The number of pyridine rings is 1. The van der Waals surface area contributed by atoms with Crippen LogP contribution < -0.4 is 14.5 Å². The summed E-state index contributed by atoms with van der Waals surface area (Å²) in [5.74, 6) is 3.30. The van der Waals surface area contributed by atoms with E-state index in [9.17, 15) is 0 Å². The van der Waals surface area contributed by atoms with Gasteiger partial charge in [0.1, 0.15) is 5.82 Å². The minimum atomic E-state index is 0.0986. The zero-order valence-electron chi connectivity index (χ0n) is 17.6. The second-order valence-electron chi connectivity index (χ2n) is 8.28. The Balaban J connectivity index is 1.32. The summed E-state index contributed by atoms with van der Waals surface area (Å²) >= 11 is 0. The SMILES string of the molecule is CC(C)Oc1nccnc1N1CCCC(CN2CCN(c3ccccn3)CC2)C1. The summed E-state index contributed by atoms with van der Waals surface area (Å²) in [6.45, 7) is 11.5. The number of aromatic nitrogens is 3. The van der Waals surface area contributed by atoms with Crippen molar-refractivity contribution in [1.82, 2.24) is 19.9 Å². The molecular weight excluding hydrogens is 364 g/mol. The van der Waals surface area contributed by atoms with E-state index in [0.29, 0.717) is 11.8 Å². The van der Waals surface area contributed by atoms with Gasteiger partial charge in [-0.1, -0.05) is 6.07 Å². The maximum absolute atomic E-state index is 5.90. The van der Waals surface area contributed by atoms with E-state index >= 15 is 0 Å². The summed E-state index contributed by atoms with van der Waals surface area (Å²) in [6.07, 6.45) is 7.92. The number of hydrogen-bond acceptors (Lipinski definition) is 7. The first-order valence-electron chi connectivity index (χ1n) is 10.8. The minimum Gasteiger partial charge on any atom is -0.472 e. The van der Waals surface area contributed by atoms with Crippen LogP contribution in [0.15, 0.2) is 36.8 Å². The highest BCUT2D eigenvalue weighted by molar-refractivity contribution is 5.48. The summed E-state index contributed by atoms with van der Waals surface area (Å²) < 4.78 is 5.90. The third-order valence-corrected chi connectivity index (χ3v) is 5.67. The summed E-state index contributed by atoms with van der Waals surface area (Å²) in [4.78, 5) is 20.9. The molecule has 2 aromatic heterocycles. The quantitative estimate of drug-likeness (QED) is 0.744. The Morgan fingerprint density at radius 1 is 0.966 bits per heavy atom. The van der Waals surface area contributed by atoms with E-state index in [-0.39, 0.29) is 6.10 Å². The van der Waals surface area contributed by atoms with E-state index in [1.165, 1.54) is 12.8 Å². The molecule has 156 valence electrons. The van der Waals surface area contributed by atoms with Crippen LogP contribution in [0, 0.1) is 5.92 Å². The molecule has 0 spiro atoms. The monoisotopic (exact) mass is 396 g/mol. The van der Waals surface area contributed by atoms with Crippen LogP contribution in [-0.4, -0.2) is 71.8 Å². The van der Waals surface area contributed by atoms with E-state index in [1.807, 2.05) is 26.1 Å². The van der Waals surface area contributed by atoms with Gasteiger partial charge in [0.15, 0.2) is 5.82 Å². The van der Waals surface area contributed by atoms with E-state index in [0.717, 1.165) is 57.4 Å². The largest absolute Gasteiger partial charge is 0.472 e. The maximum atomic E-state index is 5.90. The van der Waals surface area contributed by atoms with Crippen LogP contribution in [0.2, 0.25) is 0 Å². The molecule has 2 aromatic rings. The second kappa shape index (κ2) is 9.39. The average molecular weight is 397 g/mol. The lowest BCUT2D eigenvalue weighted by atomic mass is 9.97. The van der Waals surface area contributed by atoms with Gasteiger partial charge in [0, 0.05) is 64.4 Å². The molecule has 4 heterocycles. The molecule has 0 aromatic carbocycles. The molecule has 2 saturated heterocycles. The van der Waals surface area contributed by atoms with Crippen molar-refractivity contribution in [2.75, 3.05) is 55.6 Å². The van der Waals surface area contributed by atoms with Gasteiger partial charge in [0.05, 0.1) is 6.10 Å². The molecular formula is C22H32N6O. The fraction of sp³-hybridized carbons (Fsp3) is 0.591. The molecule has 0 saturated carbocycles. The molecule has 0 amide bonds. The van der Waals surface area contributed by atoms with Crippen molar-refractivity contribution in [3.05, 3.63) is 36.8 Å². The fourth-order valence-electron chi connectivity index (χ4n) is 4.31. The van der Waals surface area contributed by atoms with Crippen LogP contribution in [0.1, 0.15) is 26.7 Å². The van der Waals surface area contributed by atoms with Gasteiger partial charge >= 0.3 is 0 Å². The highest BCUT2D eigenvalue weighted by atomic mass is 16.5. The van der Waals surface area contributed by atoms with Gasteiger partial charge < -0.3 is 14.5 Å². The Kier molecular flexibility index (Phi) is 6.44. The van der Waals surface area contributed by atoms with Crippen molar-refractivity contribution in [1.29, 1.82) is 0 Å². The highest BCUT2D eigenvalue weighted by Crippen LogP contribution is 2.29. The predicted octanol–water partition coefficient (Wildman–Crippen LogP) is 2.70. The Labute approximate surface area is 173 Å². The molecule has 29 heavy (non-hydrogen) atoms. The summed E-state index contributed by atoms with van der Waals surface area (Å²) in [7, 11) is 0. The van der Waals surface area contributed by atoms with E-state index < -0.39 is 0 Å². The van der Waals surface area contributed by atoms with Gasteiger partial charge in [-0.05, 0) is 44.7 Å². The molecule has 0 bridgehead atoms. The van der Waals surface area contributed by atoms with Crippen LogP contribution in [0.25, 0.3) is 0 Å². The molecule has 2 aliphatic heterocycles. The van der Waals surface area contributed by atoms with Crippen molar-refractivity contribution < 1.29 is 4.74 Å². The first-order valence-corrected chi connectivity index (χ1v) is 10.8. The third-order valence-electron chi connectivity index (χ3n) is 5.67. The summed E-state index contributed by atoms with van der Waals surface area (Å²) in [6, 6.07) is 6.14. The number of piperidine rings is 1. The molecule has 1 atom stereocenters. The molecule has 0 N–H and O–H groups in total. The Bertz CT molecular complexity index is 763. The van der Waals surface area contributed by atoms with Crippen molar-refractivity contribution in [3.63, 3.8) is 0 Å². The normalized spacial score (nSPS) is 20.9. The van der Waals surface area contributed by atoms with E-state index in [1.54, 1.807) is 12.4 Å². The van der Waals surface area contributed by atoms with Crippen LogP contribution in [0.5, 0.6) is 5.88 Å². The number of anilines is 2. The second-order valence-corrected chi connectivity index (χ2v) is 8.28. The fourth-order valence-corrected chi connectivity index (χ4v) is 4.31. The minimum absolute atomic E-state index is 0.0986. The first kappa shape index (κ1) is 19.9. The van der Waals surface area contributed by atoms with E-state index in [4.69, 9.17) is 4.74 Å². The summed E-state index contributed by atoms with van der Waals surface area (Å²) in [5, 5.41) is 0. The Morgan fingerprint density at radius 3 is 2.55 bits per heavy atom. The van der Waals surface area contributed by atoms with Gasteiger partial charge in [0.2, 0.25) is 0 Å². The molecule has 2 aliphatic rings. The molecule has 1 unspecified atom stereocenters. The number of ether oxygens (including phenoxy) is 1. The lowest BCUT2D eigenvalue weighted by Gasteiger charge is -2.40. The molecule has 7 heteroatoms. The average Bonchev–Trinajstić information content (AvgIpc) is 2.75. The van der Waals surface area contributed by atoms with Crippen molar-refractivity contribution >= 4 is 11.6 Å². The topological polar surface area (TPSA) is 57.6 Å². The van der Waals surface area contributed by atoms with Gasteiger partial charge in [-0.2, -0.15) is 0 Å². The zero-order valence-corrected chi connectivity index (χ0v) is 17.6. The van der Waals surface area contributed by atoms with Crippen molar-refractivity contribution in [2.45, 2.75) is 32.8 Å². The van der Waals surface area contributed by atoms with Crippen LogP contribution >= 0.6 is 0 Å². The maximum Gasteiger partial charge on any atom is 0.257 e. The standard InChI is InChI=1S/C22H32N6O/c1-18(2)29-22-21(24-9-10-25-22)28-11-5-6-19(17-28)16-26-12-14-27(15-13-26)20-7-3-4-8-23-20/h3-4,7-10,18-19H,5-6,11-17H2,1-2H3. The van der Waals surface area contributed by atoms with Crippen LogP contribution in [-0.2, 0) is 0 Å². The smallest absolute Gasteiger partial charge is 0.257 e. The number of piperazine rings is 1. The molecule has 7 nitrogen and oxygen atoms in total. The molecule has 0 radical (unpaired) electrons. The molecule has 0 aliphatic carbocycles. The number of rotatable bonds is 6. The number of hydrogen-bond donors (Lipinski definition) is 0. The van der Waals surface area contributed by atoms with Gasteiger partial charge in [-0.15, -0.1) is 0 Å².